The molecule has 5 nitrogen and oxygen atoms in total. The van der Waals surface area contributed by atoms with E-state index >= 15 is 0 Å². The van der Waals surface area contributed by atoms with Crippen LogP contribution >= 0.6 is 0 Å². The minimum Gasteiger partial charge on any atom is -0.356 e. The molecular weight excluding hydrogens is 298 g/mol. The van der Waals surface area contributed by atoms with Gasteiger partial charge in [-0.05, 0) is 71.6 Å². The number of rotatable bonds is 8. The van der Waals surface area contributed by atoms with Crippen molar-refractivity contribution in [1.82, 2.24) is 20.4 Å². The van der Waals surface area contributed by atoms with Crippen LogP contribution in [0, 0.1) is 0 Å². The van der Waals surface area contributed by atoms with E-state index in [9.17, 15) is 0 Å². The normalized spacial score (nSPS) is 24.1. The molecule has 0 aromatic rings. The minimum atomic E-state index is 0.788. The molecule has 2 aliphatic rings. The van der Waals surface area contributed by atoms with Gasteiger partial charge in [0.2, 0.25) is 0 Å². The second-order valence-corrected chi connectivity index (χ2v) is 7.42. The zero-order valence-electron chi connectivity index (χ0n) is 16.0. The first-order chi connectivity index (χ1) is 11.8. The molecule has 2 heterocycles. The highest BCUT2D eigenvalue weighted by Gasteiger charge is 2.17. The summed E-state index contributed by atoms with van der Waals surface area (Å²) in [6.07, 6.45) is 10.8. The second kappa shape index (κ2) is 11.7. The van der Waals surface area contributed by atoms with Crippen molar-refractivity contribution in [3.8, 4) is 0 Å². The molecule has 1 atom stereocenters. The molecule has 0 aromatic heterocycles. The Morgan fingerprint density at radius 1 is 0.917 bits per heavy atom. The molecule has 24 heavy (non-hydrogen) atoms. The molecule has 0 aromatic carbocycles. The maximum atomic E-state index is 4.34. The monoisotopic (exact) mass is 337 g/mol. The molecule has 0 spiro atoms. The van der Waals surface area contributed by atoms with E-state index in [2.05, 4.69) is 32.3 Å². The Bertz CT molecular complexity index is 352. The van der Waals surface area contributed by atoms with E-state index in [0.29, 0.717) is 0 Å². The Balaban J connectivity index is 1.48. The van der Waals surface area contributed by atoms with Gasteiger partial charge in [-0.2, -0.15) is 0 Å². The molecule has 5 heteroatoms. The maximum Gasteiger partial charge on any atom is 0.191 e. The third-order valence-electron chi connectivity index (χ3n) is 5.50. The van der Waals surface area contributed by atoms with Gasteiger partial charge in [-0.15, -0.1) is 0 Å². The lowest BCUT2D eigenvalue weighted by atomic mass is 10.0. The van der Waals surface area contributed by atoms with Crippen LogP contribution in [-0.4, -0.2) is 74.7 Å². The van der Waals surface area contributed by atoms with Crippen molar-refractivity contribution in [1.29, 1.82) is 0 Å². The average molecular weight is 338 g/mol. The fourth-order valence-electron chi connectivity index (χ4n) is 3.87. The van der Waals surface area contributed by atoms with Crippen LogP contribution in [-0.2, 0) is 0 Å². The van der Waals surface area contributed by atoms with Crippen LogP contribution < -0.4 is 10.6 Å². The third kappa shape index (κ3) is 7.39. The Labute approximate surface area is 149 Å². The largest absolute Gasteiger partial charge is 0.356 e. The Morgan fingerprint density at radius 3 is 2.42 bits per heavy atom. The lowest BCUT2D eigenvalue weighted by molar-refractivity contribution is 0.158. The van der Waals surface area contributed by atoms with Gasteiger partial charge in [0.15, 0.2) is 5.96 Å². The highest BCUT2D eigenvalue weighted by atomic mass is 15.2. The van der Waals surface area contributed by atoms with Crippen molar-refractivity contribution in [3.63, 3.8) is 0 Å². The fourth-order valence-corrected chi connectivity index (χ4v) is 3.87. The van der Waals surface area contributed by atoms with E-state index in [4.69, 9.17) is 0 Å². The predicted molar refractivity (Wildman–Crippen MR) is 104 cm³/mol. The van der Waals surface area contributed by atoms with Gasteiger partial charge in [-0.1, -0.05) is 12.8 Å². The summed E-state index contributed by atoms with van der Waals surface area (Å²) in [7, 11) is 1.87. The Hall–Kier alpha value is -0.810. The first-order valence-corrected chi connectivity index (χ1v) is 10.2. The van der Waals surface area contributed by atoms with Crippen LogP contribution in [0.1, 0.15) is 58.3 Å². The van der Waals surface area contributed by atoms with E-state index in [0.717, 1.165) is 31.6 Å². The zero-order chi connectivity index (χ0) is 17.0. The number of guanidine groups is 1. The molecule has 1 unspecified atom stereocenters. The van der Waals surface area contributed by atoms with E-state index in [1.165, 1.54) is 77.5 Å². The second-order valence-electron chi connectivity index (χ2n) is 7.42. The van der Waals surface area contributed by atoms with E-state index in [-0.39, 0.29) is 0 Å². The van der Waals surface area contributed by atoms with Gasteiger partial charge in [-0.3, -0.25) is 4.99 Å². The highest BCUT2D eigenvalue weighted by molar-refractivity contribution is 5.79. The summed E-state index contributed by atoms with van der Waals surface area (Å²) >= 11 is 0. The summed E-state index contributed by atoms with van der Waals surface area (Å²) in [5.41, 5.74) is 0. The molecule has 0 saturated carbocycles. The summed E-state index contributed by atoms with van der Waals surface area (Å²) in [4.78, 5) is 9.56. The SMILES string of the molecule is CN=C(NCCCCN1CCCCC1C)NCCN1CCCCC1. The Morgan fingerprint density at radius 2 is 1.67 bits per heavy atom. The summed E-state index contributed by atoms with van der Waals surface area (Å²) in [5, 5.41) is 6.91. The minimum absolute atomic E-state index is 0.788. The van der Waals surface area contributed by atoms with Crippen molar-refractivity contribution in [2.75, 3.05) is 52.9 Å². The molecule has 2 aliphatic heterocycles. The number of nitrogens with zero attached hydrogens (tertiary/aromatic N) is 3. The first kappa shape index (κ1) is 19.5. The van der Waals surface area contributed by atoms with Crippen LogP contribution in [0.3, 0.4) is 0 Å². The smallest absolute Gasteiger partial charge is 0.191 e. The Kier molecular flexibility index (Phi) is 9.51. The van der Waals surface area contributed by atoms with Crippen molar-refractivity contribution < 1.29 is 0 Å². The fraction of sp³-hybridized carbons (Fsp3) is 0.947. The van der Waals surface area contributed by atoms with Crippen LogP contribution in [0.4, 0.5) is 0 Å². The number of hydrogen-bond acceptors (Lipinski definition) is 3. The van der Waals surface area contributed by atoms with Crippen molar-refractivity contribution >= 4 is 5.96 Å². The zero-order valence-corrected chi connectivity index (χ0v) is 16.0. The van der Waals surface area contributed by atoms with Crippen molar-refractivity contribution in [2.45, 2.75) is 64.3 Å². The van der Waals surface area contributed by atoms with E-state index < -0.39 is 0 Å². The van der Waals surface area contributed by atoms with Crippen LogP contribution in [0.5, 0.6) is 0 Å². The lowest BCUT2D eigenvalue weighted by Crippen LogP contribution is -2.43. The van der Waals surface area contributed by atoms with Crippen molar-refractivity contribution in [3.05, 3.63) is 0 Å². The maximum absolute atomic E-state index is 4.34. The molecule has 0 aliphatic carbocycles. The average Bonchev–Trinajstić information content (AvgIpc) is 2.62. The number of hydrogen-bond donors (Lipinski definition) is 2. The molecule has 2 rings (SSSR count). The van der Waals surface area contributed by atoms with E-state index in [1.807, 2.05) is 7.05 Å². The summed E-state index contributed by atoms with van der Waals surface area (Å²) in [6, 6.07) is 0.788. The van der Waals surface area contributed by atoms with Gasteiger partial charge in [0.25, 0.3) is 0 Å². The molecule has 2 saturated heterocycles. The highest BCUT2D eigenvalue weighted by Crippen LogP contribution is 2.16. The van der Waals surface area contributed by atoms with Crippen LogP contribution in [0.25, 0.3) is 0 Å². The molecule has 140 valence electrons. The number of nitrogens with one attached hydrogen (secondary N) is 2. The van der Waals surface area contributed by atoms with Gasteiger partial charge in [-0.25, -0.2) is 0 Å². The summed E-state index contributed by atoms with van der Waals surface area (Å²) in [6.45, 7) is 10.6. The quantitative estimate of drug-likeness (QED) is 0.405. The van der Waals surface area contributed by atoms with Gasteiger partial charge < -0.3 is 20.4 Å². The first-order valence-electron chi connectivity index (χ1n) is 10.2. The summed E-state index contributed by atoms with van der Waals surface area (Å²) < 4.78 is 0. The lowest BCUT2D eigenvalue weighted by Gasteiger charge is -2.33. The topological polar surface area (TPSA) is 42.9 Å². The van der Waals surface area contributed by atoms with Gasteiger partial charge in [0.05, 0.1) is 0 Å². The standard InChI is InChI=1S/C19H39N5/c1-18-10-4-8-15-24(18)16-9-5-11-21-19(20-2)22-12-17-23-13-6-3-7-14-23/h18H,3-17H2,1-2H3,(H2,20,21,22). The van der Waals surface area contributed by atoms with Gasteiger partial charge >= 0.3 is 0 Å². The number of likely N-dealkylation sites (tertiary alicyclic amines) is 2. The summed E-state index contributed by atoms with van der Waals surface area (Å²) in [5.74, 6) is 0.957. The molecule has 2 N–H and O–H groups in total. The van der Waals surface area contributed by atoms with E-state index in [1.54, 1.807) is 0 Å². The predicted octanol–water partition coefficient (Wildman–Crippen LogP) is 2.29. The number of unbranched alkanes of at least 4 members (excludes halogenated alkanes) is 1. The van der Waals surface area contributed by atoms with Crippen molar-refractivity contribution in [2.24, 2.45) is 4.99 Å². The third-order valence-corrected chi connectivity index (χ3v) is 5.50. The molecule has 2 fully saturated rings. The number of piperidine rings is 2. The molecule has 0 radical (unpaired) electrons. The van der Waals surface area contributed by atoms with Crippen LogP contribution in [0.2, 0.25) is 0 Å². The number of aliphatic imine (C=N–C) groups is 1. The molecule has 0 amide bonds. The van der Waals surface area contributed by atoms with Gasteiger partial charge in [0, 0.05) is 32.7 Å². The van der Waals surface area contributed by atoms with Crippen LogP contribution in [0.15, 0.2) is 4.99 Å². The molecular formula is C19H39N5. The molecule has 0 bridgehead atoms. The van der Waals surface area contributed by atoms with Gasteiger partial charge in [0.1, 0.15) is 0 Å².